The molecule has 0 aliphatic rings. The summed E-state index contributed by atoms with van der Waals surface area (Å²) >= 11 is 0. The van der Waals surface area contributed by atoms with Gasteiger partial charge in [-0.25, -0.2) is 4.98 Å². The van der Waals surface area contributed by atoms with Crippen LogP contribution in [0, 0.1) is 0 Å². The van der Waals surface area contributed by atoms with Crippen molar-refractivity contribution in [2.24, 2.45) is 0 Å². The zero-order valence-electron chi connectivity index (χ0n) is 9.14. The van der Waals surface area contributed by atoms with Crippen molar-refractivity contribution in [3.8, 4) is 22.6 Å². The fraction of sp³-hybridized carbons (Fsp3) is 0. The van der Waals surface area contributed by atoms with Crippen LogP contribution in [0.4, 0.5) is 5.69 Å². The fourth-order valence-electron chi connectivity index (χ4n) is 1.75. The SMILES string of the molecule is Nc1ccc(-c2ncc(-c3cc[nH]c3)[nH]2)cc1. The topological polar surface area (TPSA) is 70.5 Å². The van der Waals surface area contributed by atoms with Crippen molar-refractivity contribution < 1.29 is 0 Å². The molecule has 3 aromatic rings. The molecule has 4 nitrogen and oxygen atoms in total. The number of imidazole rings is 1. The number of hydrogen-bond donors (Lipinski definition) is 3. The summed E-state index contributed by atoms with van der Waals surface area (Å²) < 4.78 is 0. The van der Waals surface area contributed by atoms with Gasteiger partial charge >= 0.3 is 0 Å². The Balaban J connectivity index is 1.98. The highest BCUT2D eigenvalue weighted by Gasteiger charge is 2.05. The lowest BCUT2D eigenvalue weighted by molar-refractivity contribution is 1.31. The van der Waals surface area contributed by atoms with Crippen LogP contribution in [0.2, 0.25) is 0 Å². The standard InChI is InChI=1S/C13H12N4/c14-11-3-1-9(2-4-11)13-16-8-12(17-13)10-5-6-15-7-10/h1-8,15H,14H2,(H,16,17). The minimum absolute atomic E-state index is 0.756. The number of benzene rings is 1. The minimum Gasteiger partial charge on any atom is -0.399 e. The van der Waals surface area contributed by atoms with Crippen LogP contribution in [0.3, 0.4) is 0 Å². The predicted octanol–water partition coefficient (Wildman–Crippen LogP) is 2.65. The molecule has 0 spiro atoms. The van der Waals surface area contributed by atoms with Gasteiger partial charge in [0.05, 0.1) is 11.9 Å². The predicted molar refractivity (Wildman–Crippen MR) is 68.2 cm³/mol. The van der Waals surface area contributed by atoms with Crippen LogP contribution >= 0.6 is 0 Å². The second kappa shape index (κ2) is 3.83. The van der Waals surface area contributed by atoms with Crippen molar-refractivity contribution in [3.05, 3.63) is 48.9 Å². The molecule has 0 saturated carbocycles. The van der Waals surface area contributed by atoms with Gasteiger partial charge in [0.2, 0.25) is 0 Å². The van der Waals surface area contributed by atoms with E-state index in [0.717, 1.165) is 28.3 Å². The van der Waals surface area contributed by atoms with Crippen molar-refractivity contribution in [2.75, 3.05) is 5.73 Å². The van der Waals surface area contributed by atoms with Crippen molar-refractivity contribution in [2.45, 2.75) is 0 Å². The second-order valence-corrected chi connectivity index (χ2v) is 3.87. The highest BCUT2D eigenvalue weighted by atomic mass is 14.9. The van der Waals surface area contributed by atoms with E-state index in [-0.39, 0.29) is 0 Å². The number of aromatic nitrogens is 3. The molecule has 84 valence electrons. The summed E-state index contributed by atoms with van der Waals surface area (Å²) in [6.45, 7) is 0. The number of anilines is 1. The number of nitrogen functional groups attached to an aromatic ring is 1. The van der Waals surface area contributed by atoms with Crippen LogP contribution in [-0.4, -0.2) is 15.0 Å². The molecular formula is C13H12N4. The Morgan fingerprint density at radius 1 is 1.00 bits per heavy atom. The Kier molecular flexibility index (Phi) is 2.19. The maximum atomic E-state index is 5.65. The molecule has 0 radical (unpaired) electrons. The normalized spacial score (nSPS) is 10.6. The quantitative estimate of drug-likeness (QED) is 0.585. The van der Waals surface area contributed by atoms with Gasteiger partial charge in [0.25, 0.3) is 0 Å². The zero-order chi connectivity index (χ0) is 11.7. The van der Waals surface area contributed by atoms with Gasteiger partial charge in [-0.2, -0.15) is 0 Å². The Morgan fingerprint density at radius 2 is 1.82 bits per heavy atom. The molecule has 0 fully saturated rings. The van der Waals surface area contributed by atoms with Crippen LogP contribution in [0.25, 0.3) is 22.6 Å². The van der Waals surface area contributed by atoms with Crippen LogP contribution < -0.4 is 5.73 Å². The van der Waals surface area contributed by atoms with E-state index in [1.807, 2.05) is 48.9 Å². The zero-order valence-corrected chi connectivity index (χ0v) is 9.14. The Hall–Kier alpha value is -2.49. The molecule has 0 aliphatic carbocycles. The Bertz CT molecular complexity index is 605. The molecule has 0 atom stereocenters. The van der Waals surface area contributed by atoms with Crippen LogP contribution in [0.5, 0.6) is 0 Å². The number of nitrogens with zero attached hydrogens (tertiary/aromatic N) is 1. The van der Waals surface area contributed by atoms with Gasteiger partial charge in [-0.1, -0.05) is 0 Å². The summed E-state index contributed by atoms with van der Waals surface area (Å²) in [6.07, 6.45) is 5.65. The first-order valence-electron chi connectivity index (χ1n) is 5.37. The smallest absolute Gasteiger partial charge is 0.137 e. The van der Waals surface area contributed by atoms with Gasteiger partial charge in [0, 0.05) is 29.2 Å². The van der Waals surface area contributed by atoms with Crippen molar-refractivity contribution in [1.29, 1.82) is 0 Å². The largest absolute Gasteiger partial charge is 0.399 e. The Labute approximate surface area is 98.5 Å². The maximum Gasteiger partial charge on any atom is 0.137 e. The Morgan fingerprint density at radius 3 is 2.53 bits per heavy atom. The molecule has 2 aromatic heterocycles. The van der Waals surface area contributed by atoms with E-state index in [2.05, 4.69) is 15.0 Å². The van der Waals surface area contributed by atoms with Gasteiger partial charge in [-0.05, 0) is 30.3 Å². The second-order valence-electron chi connectivity index (χ2n) is 3.87. The van der Waals surface area contributed by atoms with Crippen molar-refractivity contribution in [3.63, 3.8) is 0 Å². The van der Waals surface area contributed by atoms with Crippen molar-refractivity contribution >= 4 is 5.69 Å². The van der Waals surface area contributed by atoms with Gasteiger partial charge in [-0.15, -0.1) is 0 Å². The van der Waals surface area contributed by atoms with Crippen LogP contribution in [0.15, 0.2) is 48.9 Å². The van der Waals surface area contributed by atoms with E-state index in [0.29, 0.717) is 0 Å². The minimum atomic E-state index is 0.756. The number of nitrogens with two attached hydrogens (primary N) is 1. The van der Waals surface area contributed by atoms with Gasteiger partial charge < -0.3 is 15.7 Å². The number of H-pyrrole nitrogens is 2. The van der Waals surface area contributed by atoms with E-state index in [9.17, 15) is 0 Å². The van der Waals surface area contributed by atoms with Gasteiger partial charge in [0.15, 0.2) is 0 Å². The first-order chi connectivity index (χ1) is 8.33. The number of nitrogens with one attached hydrogen (secondary N) is 2. The summed E-state index contributed by atoms with van der Waals surface area (Å²) in [5.74, 6) is 0.848. The molecule has 0 amide bonds. The third-order valence-electron chi connectivity index (χ3n) is 2.67. The molecule has 0 unspecified atom stereocenters. The van der Waals surface area contributed by atoms with Crippen molar-refractivity contribution in [1.82, 2.24) is 15.0 Å². The lowest BCUT2D eigenvalue weighted by Gasteiger charge is -1.97. The highest BCUT2D eigenvalue weighted by Crippen LogP contribution is 2.22. The number of hydrogen-bond acceptors (Lipinski definition) is 2. The van der Waals surface area contributed by atoms with Gasteiger partial charge in [-0.3, -0.25) is 0 Å². The average Bonchev–Trinajstić information content (AvgIpc) is 3.00. The summed E-state index contributed by atoms with van der Waals surface area (Å²) in [5.41, 5.74) is 9.53. The maximum absolute atomic E-state index is 5.65. The molecule has 0 saturated heterocycles. The first kappa shape index (κ1) is 9.72. The summed E-state index contributed by atoms with van der Waals surface area (Å²) in [6, 6.07) is 9.64. The third-order valence-corrected chi connectivity index (χ3v) is 2.67. The molecular weight excluding hydrogens is 212 g/mol. The summed E-state index contributed by atoms with van der Waals surface area (Å²) in [5, 5.41) is 0. The molecule has 17 heavy (non-hydrogen) atoms. The van der Waals surface area contributed by atoms with Gasteiger partial charge in [0.1, 0.15) is 5.82 Å². The molecule has 0 aliphatic heterocycles. The van der Waals surface area contributed by atoms with E-state index in [1.54, 1.807) is 0 Å². The van der Waals surface area contributed by atoms with Crippen LogP contribution in [-0.2, 0) is 0 Å². The lowest BCUT2D eigenvalue weighted by atomic mass is 10.2. The highest BCUT2D eigenvalue weighted by molar-refractivity contribution is 5.64. The summed E-state index contributed by atoms with van der Waals surface area (Å²) in [4.78, 5) is 10.7. The summed E-state index contributed by atoms with van der Waals surface area (Å²) in [7, 11) is 0. The molecule has 3 rings (SSSR count). The molecule has 4 heteroatoms. The van der Waals surface area contributed by atoms with E-state index < -0.39 is 0 Å². The molecule has 2 heterocycles. The monoisotopic (exact) mass is 224 g/mol. The first-order valence-corrected chi connectivity index (χ1v) is 5.37. The average molecular weight is 224 g/mol. The van der Waals surface area contributed by atoms with E-state index in [4.69, 9.17) is 5.73 Å². The van der Waals surface area contributed by atoms with E-state index in [1.165, 1.54) is 0 Å². The van der Waals surface area contributed by atoms with E-state index >= 15 is 0 Å². The molecule has 0 bridgehead atoms. The lowest BCUT2D eigenvalue weighted by Crippen LogP contribution is -1.85. The molecule has 4 N–H and O–H groups in total. The van der Waals surface area contributed by atoms with Crippen LogP contribution in [0.1, 0.15) is 0 Å². The number of rotatable bonds is 2. The number of aromatic amines is 2. The third kappa shape index (κ3) is 1.80. The molecule has 1 aromatic carbocycles. The fourth-order valence-corrected chi connectivity index (χ4v) is 1.75.